The second kappa shape index (κ2) is 7.37. The van der Waals surface area contributed by atoms with Crippen LogP contribution in [0.2, 0.25) is 0 Å². The Morgan fingerprint density at radius 1 is 1.24 bits per heavy atom. The number of rotatable bonds is 5. The van der Waals surface area contributed by atoms with Gasteiger partial charge in [0.2, 0.25) is 5.78 Å². The second-order valence-electron chi connectivity index (χ2n) is 5.66. The standard InChI is InChI=1S/C19H18BrN3OS/c1-3-12-6-4-5-11(2)15(12)22-19-23-18(21)17(25-19)16(24)13-7-9-14(20)10-8-13/h4-10H,3,21H2,1-2H3,(H,22,23). The van der Waals surface area contributed by atoms with Gasteiger partial charge in [0.1, 0.15) is 10.7 Å². The topological polar surface area (TPSA) is 68.0 Å². The number of hydrogen-bond acceptors (Lipinski definition) is 5. The summed E-state index contributed by atoms with van der Waals surface area (Å²) in [5.41, 5.74) is 9.96. The zero-order valence-corrected chi connectivity index (χ0v) is 16.4. The van der Waals surface area contributed by atoms with Crippen molar-refractivity contribution < 1.29 is 4.79 Å². The third kappa shape index (κ3) is 3.75. The fourth-order valence-electron chi connectivity index (χ4n) is 2.59. The number of ketones is 1. The van der Waals surface area contributed by atoms with Crippen molar-refractivity contribution in [3.63, 3.8) is 0 Å². The van der Waals surface area contributed by atoms with Gasteiger partial charge in [0.05, 0.1) is 0 Å². The number of thiazole rings is 1. The number of nitrogens with zero attached hydrogens (tertiary/aromatic N) is 1. The summed E-state index contributed by atoms with van der Waals surface area (Å²) in [6, 6.07) is 13.4. The molecule has 3 N–H and O–H groups in total. The summed E-state index contributed by atoms with van der Waals surface area (Å²) in [6.45, 7) is 4.16. The van der Waals surface area contributed by atoms with E-state index in [4.69, 9.17) is 5.73 Å². The van der Waals surface area contributed by atoms with Crippen LogP contribution in [0, 0.1) is 6.92 Å². The molecule has 0 unspecified atom stereocenters. The number of nitrogens with two attached hydrogens (primary N) is 1. The molecule has 1 heterocycles. The highest BCUT2D eigenvalue weighted by Gasteiger charge is 2.18. The van der Waals surface area contributed by atoms with Gasteiger partial charge in [-0.05, 0) is 48.7 Å². The Morgan fingerprint density at radius 3 is 2.64 bits per heavy atom. The first kappa shape index (κ1) is 17.6. The molecule has 3 aromatic rings. The average molecular weight is 416 g/mol. The zero-order chi connectivity index (χ0) is 18.0. The molecule has 0 aliphatic rings. The summed E-state index contributed by atoms with van der Waals surface area (Å²) >= 11 is 4.65. The number of hydrogen-bond donors (Lipinski definition) is 2. The summed E-state index contributed by atoms with van der Waals surface area (Å²) in [6.07, 6.45) is 0.912. The Hall–Kier alpha value is -2.18. The van der Waals surface area contributed by atoms with Gasteiger partial charge in [-0.3, -0.25) is 4.79 Å². The van der Waals surface area contributed by atoms with Crippen LogP contribution in [0.25, 0.3) is 0 Å². The number of halogens is 1. The molecule has 0 atom stereocenters. The number of carbonyl (C=O) groups excluding carboxylic acids is 1. The van der Waals surface area contributed by atoms with Crippen molar-refractivity contribution in [1.29, 1.82) is 0 Å². The Morgan fingerprint density at radius 2 is 1.96 bits per heavy atom. The van der Waals surface area contributed by atoms with E-state index in [2.05, 4.69) is 39.2 Å². The van der Waals surface area contributed by atoms with E-state index in [9.17, 15) is 4.79 Å². The van der Waals surface area contributed by atoms with E-state index in [0.717, 1.165) is 22.1 Å². The van der Waals surface area contributed by atoms with Crippen LogP contribution in [-0.4, -0.2) is 10.8 Å². The number of nitrogen functional groups attached to an aromatic ring is 1. The maximum Gasteiger partial charge on any atom is 0.206 e. The third-order valence-electron chi connectivity index (χ3n) is 3.94. The molecule has 0 bridgehead atoms. The molecule has 0 aliphatic carbocycles. The largest absolute Gasteiger partial charge is 0.382 e. The first-order valence-corrected chi connectivity index (χ1v) is 9.52. The molecule has 4 nitrogen and oxygen atoms in total. The monoisotopic (exact) mass is 415 g/mol. The van der Waals surface area contributed by atoms with E-state index in [-0.39, 0.29) is 11.6 Å². The number of carbonyl (C=O) groups is 1. The van der Waals surface area contributed by atoms with Crippen molar-refractivity contribution in [2.24, 2.45) is 0 Å². The van der Waals surface area contributed by atoms with E-state index in [1.807, 2.05) is 31.2 Å². The first-order valence-electron chi connectivity index (χ1n) is 7.91. The van der Waals surface area contributed by atoms with Gasteiger partial charge in [-0.2, -0.15) is 0 Å². The van der Waals surface area contributed by atoms with Crippen molar-refractivity contribution in [3.05, 3.63) is 68.5 Å². The Kier molecular flexibility index (Phi) is 5.20. The molecule has 0 fully saturated rings. The van der Waals surface area contributed by atoms with Crippen LogP contribution in [-0.2, 0) is 6.42 Å². The van der Waals surface area contributed by atoms with Crippen LogP contribution in [0.1, 0.15) is 33.3 Å². The normalized spacial score (nSPS) is 10.7. The molecule has 2 aromatic carbocycles. The number of nitrogens with one attached hydrogen (secondary N) is 1. The molecular formula is C19H18BrN3OS. The van der Waals surface area contributed by atoms with Gasteiger partial charge in [-0.15, -0.1) is 0 Å². The quantitative estimate of drug-likeness (QED) is 0.552. The summed E-state index contributed by atoms with van der Waals surface area (Å²) in [4.78, 5) is 17.5. The lowest BCUT2D eigenvalue weighted by molar-refractivity contribution is 0.104. The predicted octanol–water partition coefficient (Wildman–Crippen LogP) is 5.33. The lowest BCUT2D eigenvalue weighted by Crippen LogP contribution is -2.02. The third-order valence-corrected chi connectivity index (χ3v) is 5.45. The highest BCUT2D eigenvalue weighted by atomic mass is 79.9. The number of aryl methyl sites for hydroxylation is 2. The van der Waals surface area contributed by atoms with Crippen molar-refractivity contribution in [2.75, 3.05) is 11.1 Å². The van der Waals surface area contributed by atoms with Gasteiger partial charge >= 0.3 is 0 Å². The number of para-hydroxylation sites is 1. The van der Waals surface area contributed by atoms with Crippen LogP contribution in [0.5, 0.6) is 0 Å². The SMILES string of the molecule is CCc1cccc(C)c1Nc1nc(N)c(C(=O)c2ccc(Br)cc2)s1. The molecule has 6 heteroatoms. The van der Waals surface area contributed by atoms with Crippen molar-refractivity contribution in [1.82, 2.24) is 4.98 Å². The van der Waals surface area contributed by atoms with Gasteiger partial charge in [-0.1, -0.05) is 52.4 Å². The van der Waals surface area contributed by atoms with Crippen LogP contribution >= 0.6 is 27.3 Å². The molecule has 1 aromatic heterocycles. The van der Waals surface area contributed by atoms with Crippen molar-refractivity contribution in [3.8, 4) is 0 Å². The molecule has 3 rings (SSSR count). The van der Waals surface area contributed by atoms with Gasteiger partial charge in [0, 0.05) is 15.7 Å². The minimum Gasteiger partial charge on any atom is -0.382 e. The summed E-state index contributed by atoms with van der Waals surface area (Å²) in [7, 11) is 0. The molecule has 0 aliphatic heterocycles. The van der Waals surface area contributed by atoms with Crippen molar-refractivity contribution >= 4 is 49.7 Å². The van der Waals surface area contributed by atoms with Gasteiger partial charge in [0.25, 0.3) is 0 Å². The number of aromatic nitrogens is 1. The van der Waals surface area contributed by atoms with Gasteiger partial charge in [-0.25, -0.2) is 4.98 Å². The highest BCUT2D eigenvalue weighted by Crippen LogP contribution is 2.32. The molecule has 0 saturated heterocycles. The summed E-state index contributed by atoms with van der Waals surface area (Å²) in [5, 5.41) is 3.96. The zero-order valence-electron chi connectivity index (χ0n) is 14.0. The summed E-state index contributed by atoms with van der Waals surface area (Å²) < 4.78 is 0.926. The second-order valence-corrected chi connectivity index (χ2v) is 7.57. The highest BCUT2D eigenvalue weighted by molar-refractivity contribution is 9.10. The Balaban J connectivity index is 1.91. The number of anilines is 3. The molecule has 0 amide bonds. The van der Waals surface area contributed by atoms with Crippen LogP contribution in [0.3, 0.4) is 0 Å². The smallest absolute Gasteiger partial charge is 0.206 e. The molecule has 25 heavy (non-hydrogen) atoms. The molecule has 0 saturated carbocycles. The van der Waals surface area contributed by atoms with Crippen LogP contribution in [0.4, 0.5) is 16.6 Å². The van der Waals surface area contributed by atoms with E-state index in [0.29, 0.717) is 15.6 Å². The maximum atomic E-state index is 12.7. The first-order chi connectivity index (χ1) is 12.0. The summed E-state index contributed by atoms with van der Waals surface area (Å²) in [5.74, 6) is 0.142. The minimum atomic E-state index is -0.115. The Bertz CT molecular complexity index is 919. The van der Waals surface area contributed by atoms with E-state index in [1.54, 1.807) is 12.1 Å². The predicted molar refractivity (Wildman–Crippen MR) is 108 cm³/mol. The fraction of sp³-hybridized carbons (Fsp3) is 0.158. The van der Waals surface area contributed by atoms with E-state index < -0.39 is 0 Å². The van der Waals surface area contributed by atoms with Gasteiger partial charge < -0.3 is 11.1 Å². The maximum absolute atomic E-state index is 12.7. The minimum absolute atomic E-state index is 0.115. The van der Waals surface area contributed by atoms with E-state index >= 15 is 0 Å². The van der Waals surface area contributed by atoms with Gasteiger partial charge in [0.15, 0.2) is 5.13 Å². The van der Waals surface area contributed by atoms with Crippen molar-refractivity contribution in [2.45, 2.75) is 20.3 Å². The lowest BCUT2D eigenvalue weighted by atomic mass is 10.1. The molecule has 128 valence electrons. The number of benzene rings is 2. The van der Waals surface area contributed by atoms with Crippen LogP contribution in [0.15, 0.2) is 46.9 Å². The molecular weight excluding hydrogens is 398 g/mol. The van der Waals surface area contributed by atoms with Crippen LogP contribution < -0.4 is 11.1 Å². The average Bonchev–Trinajstić information content (AvgIpc) is 2.97. The Labute approximate surface area is 159 Å². The lowest BCUT2D eigenvalue weighted by Gasteiger charge is -2.11. The van der Waals surface area contributed by atoms with E-state index in [1.165, 1.54) is 16.9 Å². The fourth-order valence-corrected chi connectivity index (χ4v) is 3.70. The molecule has 0 spiro atoms. The molecule has 0 radical (unpaired) electrons.